The monoisotopic (exact) mass is 420 g/mol. The predicted octanol–water partition coefficient (Wildman–Crippen LogP) is 4.50. The van der Waals surface area contributed by atoms with E-state index in [0.717, 1.165) is 23.8 Å². The third-order valence-electron chi connectivity index (χ3n) is 5.75. The van der Waals surface area contributed by atoms with Crippen LogP contribution in [0.3, 0.4) is 0 Å². The minimum atomic E-state index is 0.00553. The fourth-order valence-electron chi connectivity index (χ4n) is 4.43. The van der Waals surface area contributed by atoms with Gasteiger partial charge in [0.2, 0.25) is 0 Å². The molecule has 2 atom stereocenters. The number of ether oxygens (including phenoxy) is 1. The number of nitrogens with zero attached hydrogens (tertiary/aromatic N) is 3. The molecule has 1 saturated heterocycles. The average molecular weight is 421 g/mol. The van der Waals surface area contributed by atoms with Gasteiger partial charge in [0.15, 0.2) is 5.11 Å². The molecule has 0 radical (unpaired) electrons. The zero-order chi connectivity index (χ0) is 21.1. The first kappa shape index (κ1) is 20.6. The van der Waals surface area contributed by atoms with Gasteiger partial charge in [-0.1, -0.05) is 24.3 Å². The van der Waals surface area contributed by atoms with Crippen LogP contribution in [0, 0.1) is 13.8 Å². The van der Waals surface area contributed by atoms with E-state index in [-0.39, 0.29) is 12.1 Å². The Kier molecular flexibility index (Phi) is 6.16. The molecule has 6 heteroatoms. The molecule has 5 nitrogen and oxygen atoms in total. The molecule has 0 spiro atoms. The van der Waals surface area contributed by atoms with Gasteiger partial charge in [-0.2, -0.15) is 0 Å². The highest BCUT2D eigenvalue weighted by atomic mass is 32.1. The molecule has 156 valence electrons. The number of thiocarbonyl (C=S) groups is 1. The minimum Gasteiger partial charge on any atom is -0.385 e. The van der Waals surface area contributed by atoms with Gasteiger partial charge in [-0.15, -0.1) is 0 Å². The van der Waals surface area contributed by atoms with Crippen LogP contribution in [0.15, 0.2) is 60.8 Å². The van der Waals surface area contributed by atoms with Gasteiger partial charge < -0.3 is 19.5 Å². The second-order valence-electron chi connectivity index (χ2n) is 7.66. The summed E-state index contributed by atoms with van der Waals surface area (Å²) in [4.78, 5) is 6.94. The molecule has 0 aliphatic carbocycles. The highest BCUT2D eigenvalue weighted by Gasteiger charge is 2.41. The second-order valence-corrected chi connectivity index (χ2v) is 8.05. The first-order valence-electron chi connectivity index (χ1n) is 10.3. The van der Waals surface area contributed by atoms with Gasteiger partial charge in [-0.3, -0.25) is 4.98 Å². The molecule has 1 aromatic carbocycles. The molecule has 1 aliphatic heterocycles. The molecule has 0 saturated carbocycles. The molecule has 1 N–H and O–H groups in total. The lowest BCUT2D eigenvalue weighted by molar-refractivity contribution is 0.180. The Hall–Kier alpha value is -2.70. The molecule has 3 aromatic rings. The highest BCUT2D eigenvalue weighted by Crippen LogP contribution is 2.41. The van der Waals surface area contributed by atoms with Crippen molar-refractivity contribution < 1.29 is 4.74 Å². The topological polar surface area (TPSA) is 42.3 Å². The Bertz CT molecular complexity index is 1000. The molecule has 1 aliphatic rings. The van der Waals surface area contributed by atoms with Crippen LogP contribution in [-0.2, 0) is 4.74 Å². The number of para-hydroxylation sites is 1. The summed E-state index contributed by atoms with van der Waals surface area (Å²) in [5.74, 6) is 0. The number of methoxy groups -OCH3 is 1. The molecule has 0 bridgehead atoms. The normalized spacial score (nSPS) is 18.6. The van der Waals surface area contributed by atoms with Crippen LogP contribution in [0.1, 0.15) is 41.1 Å². The van der Waals surface area contributed by atoms with E-state index in [1.165, 1.54) is 22.6 Å². The van der Waals surface area contributed by atoms with E-state index in [4.69, 9.17) is 17.0 Å². The first-order chi connectivity index (χ1) is 14.6. The van der Waals surface area contributed by atoms with Gasteiger partial charge >= 0.3 is 0 Å². The number of aryl methyl sites for hydroxylation is 1. The summed E-state index contributed by atoms with van der Waals surface area (Å²) in [6.45, 7) is 5.90. The predicted molar refractivity (Wildman–Crippen MR) is 124 cm³/mol. The Balaban J connectivity index is 1.78. The number of pyridine rings is 1. The number of hydrogen-bond donors (Lipinski definition) is 1. The molecule has 0 amide bonds. The van der Waals surface area contributed by atoms with Crippen molar-refractivity contribution in [3.05, 3.63) is 83.4 Å². The fraction of sp³-hybridized carbons (Fsp3) is 0.333. The third kappa shape index (κ3) is 3.85. The average Bonchev–Trinajstić information content (AvgIpc) is 3.25. The SMILES string of the molecule is COCCCN1C(=S)N[C@@H](c2ccccn2)[C@H]1c1cc(C)n(-c2ccccc2)c1C. The maximum atomic E-state index is 5.76. The summed E-state index contributed by atoms with van der Waals surface area (Å²) >= 11 is 5.76. The third-order valence-corrected chi connectivity index (χ3v) is 6.10. The smallest absolute Gasteiger partial charge is 0.170 e. The maximum Gasteiger partial charge on any atom is 0.170 e. The molecule has 30 heavy (non-hydrogen) atoms. The van der Waals surface area contributed by atoms with E-state index in [0.29, 0.717) is 6.61 Å². The van der Waals surface area contributed by atoms with Gasteiger partial charge in [0.05, 0.1) is 17.8 Å². The van der Waals surface area contributed by atoms with Crippen LogP contribution in [0.2, 0.25) is 0 Å². The van der Waals surface area contributed by atoms with Crippen LogP contribution in [0.4, 0.5) is 0 Å². The van der Waals surface area contributed by atoms with Gasteiger partial charge in [-0.25, -0.2) is 0 Å². The van der Waals surface area contributed by atoms with Crippen molar-refractivity contribution in [2.45, 2.75) is 32.4 Å². The molecule has 0 unspecified atom stereocenters. The van der Waals surface area contributed by atoms with Crippen molar-refractivity contribution in [1.82, 2.24) is 19.8 Å². The minimum absolute atomic E-state index is 0.00553. The van der Waals surface area contributed by atoms with Crippen molar-refractivity contribution in [2.75, 3.05) is 20.3 Å². The first-order valence-corrected chi connectivity index (χ1v) is 10.7. The second kappa shape index (κ2) is 8.98. The lowest BCUT2D eigenvalue weighted by Crippen LogP contribution is -2.31. The molecule has 2 aromatic heterocycles. The Morgan fingerprint density at radius 3 is 2.57 bits per heavy atom. The Morgan fingerprint density at radius 1 is 1.10 bits per heavy atom. The summed E-state index contributed by atoms with van der Waals surface area (Å²) < 4.78 is 7.61. The summed E-state index contributed by atoms with van der Waals surface area (Å²) in [6, 6.07) is 18.9. The molecular weight excluding hydrogens is 392 g/mol. The van der Waals surface area contributed by atoms with Crippen molar-refractivity contribution in [3.8, 4) is 5.69 Å². The van der Waals surface area contributed by atoms with Crippen LogP contribution < -0.4 is 5.32 Å². The van der Waals surface area contributed by atoms with E-state index >= 15 is 0 Å². The van der Waals surface area contributed by atoms with Crippen molar-refractivity contribution in [3.63, 3.8) is 0 Å². The molecule has 4 rings (SSSR count). The number of benzene rings is 1. The van der Waals surface area contributed by atoms with Crippen molar-refractivity contribution in [1.29, 1.82) is 0 Å². The van der Waals surface area contributed by atoms with Gasteiger partial charge in [0, 0.05) is 43.5 Å². The zero-order valence-corrected chi connectivity index (χ0v) is 18.5. The van der Waals surface area contributed by atoms with E-state index in [1.54, 1.807) is 7.11 Å². The van der Waals surface area contributed by atoms with E-state index < -0.39 is 0 Å². The van der Waals surface area contributed by atoms with E-state index in [2.05, 4.69) is 70.0 Å². The summed E-state index contributed by atoms with van der Waals surface area (Å²) in [5.41, 5.74) is 5.89. The lowest BCUT2D eigenvalue weighted by Gasteiger charge is -2.28. The molecular formula is C24H28N4OS. The van der Waals surface area contributed by atoms with Crippen molar-refractivity contribution in [2.24, 2.45) is 0 Å². The van der Waals surface area contributed by atoms with E-state index in [1.807, 2.05) is 24.4 Å². The van der Waals surface area contributed by atoms with Gasteiger partial charge in [0.1, 0.15) is 0 Å². The summed E-state index contributed by atoms with van der Waals surface area (Å²) in [6.07, 6.45) is 2.76. The quantitative estimate of drug-likeness (QED) is 0.450. The van der Waals surface area contributed by atoms with Crippen LogP contribution in [0.5, 0.6) is 0 Å². The standard InChI is InChI=1S/C24H28N4OS/c1-17-16-20(18(2)28(17)19-10-5-4-6-11-19)23-22(21-12-7-8-13-25-21)26-24(30)27(23)14-9-15-29-3/h4-8,10-13,16,22-23H,9,14-15H2,1-3H3,(H,26,30)/t22-,23+/m0/s1. The fourth-order valence-corrected chi connectivity index (χ4v) is 4.76. The Labute approximate surface area is 183 Å². The largest absolute Gasteiger partial charge is 0.385 e. The van der Waals surface area contributed by atoms with Crippen LogP contribution in [-0.4, -0.2) is 39.8 Å². The van der Waals surface area contributed by atoms with Crippen molar-refractivity contribution >= 4 is 17.3 Å². The number of rotatable bonds is 7. The summed E-state index contributed by atoms with van der Waals surface area (Å²) in [7, 11) is 1.74. The van der Waals surface area contributed by atoms with Gasteiger partial charge in [0.25, 0.3) is 0 Å². The number of aromatic nitrogens is 2. The zero-order valence-electron chi connectivity index (χ0n) is 17.7. The highest BCUT2D eigenvalue weighted by molar-refractivity contribution is 7.80. The summed E-state index contributed by atoms with van der Waals surface area (Å²) in [5, 5.41) is 4.31. The van der Waals surface area contributed by atoms with Crippen LogP contribution >= 0.6 is 12.2 Å². The van der Waals surface area contributed by atoms with Crippen LogP contribution in [0.25, 0.3) is 5.69 Å². The molecule has 3 heterocycles. The Morgan fingerprint density at radius 2 is 1.87 bits per heavy atom. The van der Waals surface area contributed by atoms with Gasteiger partial charge in [-0.05, 0) is 68.4 Å². The number of hydrogen-bond acceptors (Lipinski definition) is 3. The lowest BCUT2D eigenvalue weighted by atomic mass is 9.96. The maximum absolute atomic E-state index is 5.76. The number of nitrogens with one attached hydrogen (secondary N) is 1. The molecule has 1 fully saturated rings. The van der Waals surface area contributed by atoms with E-state index in [9.17, 15) is 0 Å².